The van der Waals surface area contributed by atoms with Crippen molar-refractivity contribution in [3.05, 3.63) is 25.3 Å². The predicted molar refractivity (Wildman–Crippen MR) is 153 cm³/mol. The van der Waals surface area contributed by atoms with Crippen molar-refractivity contribution in [2.45, 2.75) is 56.8 Å². The Kier molecular flexibility index (Phi) is 7.85. The van der Waals surface area contributed by atoms with Gasteiger partial charge in [-0.3, -0.25) is 27.2 Å². The number of aliphatic hydroxyl groups is 1. The molecule has 21 nitrogen and oxygen atoms in total. The van der Waals surface area contributed by atoms with Gasteiger partial charge in [0.1, 0.15) is 60.4 Å². The van der Waals surface area contributed by atoms with Crippen LogP contribution in [-0.2, 0) is 36.7 Å². The molecule has 7 heterocycles. The van der Waals surface area contributed by atoms with Gasteiger partial charge in [0, 0.05) is 5.92 Å². The van der Waals surface area contributed by atoms with Gasteiger partial charge in [0.2, 0.25) is 0 Å². The lowest BCUT2D eigenvalue weighted by Crippen LogP contribution is -2.35. The summed E-state index contributed by atoms with van der Waals surface area (Å²) in [6, 6.07) is 0. The van der Waals surface area contributed by atoms with Gasteiger partial charge in [-0.1, -0.05) is 13.8 Å². The zero-order valence-electron chi connectivity index (χ0n) is 24.2. The van der Waals surface area contributed by atoms with Crippen molar-refractivity contribution in [3.63, 3.8) is 0 Å². The maximum atomic E-state index is 13.4. The molecule has 0 aliphatic carbocycles. The van der Waals surface area contributed by atoms with Crippen molar-refractivity contribution >= 4 is 49.6 Å². The van der Waals surface area contributed by atoms with Crippen LogP contribution in [0.4, 0.5) is 11.6 Å². The van der Waals surface area contributed by atoms with E-state index in [-0.39, 0.29) is 28.7 Å². The average molecular weight is 684 g/mol. The van der Waals surface area contributed by atoms with E-state index in [0.717, 1.165) is 0 Å². The quantitative estimate of drug-likeness (QED) is 0.181. The number of phosphoric ester groups is 2. The molecule has 7 rings (SSSR count). The second kappa shape index (κ2) is 11.5. The summed E-state index contributed by atoms with van der Waals surface area (Å²) in [5, 5.41) is 11.1. The number of aromatic nitrogens is 8. The Bertz CT molecular complexity index is 1870. The molecule has 0 saturated carbocycles. The summed E-state index contributed by atoms with van der Waals surface area (Å²) in [6.07, 6.45) is -4.09. The third kappa shape index (κ3) is 5.46. The highest BCUT2D eigenvalue weighted by Gasteiger charge is 2.54. The van der Waals surface area contributed by atoms with Crippen LogP contribution in [0.2, 0.25) is 0 Å². The number of phosphoric acid groups is 2. The second-order valence-electron chi connectivity index (χ2n) is 11.3. The van der Waals surface area contributed by atoms with Gasteiger partial charge < -0.3 is 35.8 Å². The molecule has 0 spiro atoms. The van der Waals surface area contributed by atoms with E-state index in [1.807, 2.05) is 13.8 Å². The van der Waals surface area contributed by atoms with E-state index >= 15 is 0 Å². The predicted octanol–water partition coefficient (Wildman–Crippen LogP) is 0.276. The van der Waals surface area contributed by atoms with Crippen LogP contribution < -0.4 is 11.5 Å². The number of nitrogen functional groups attached to an aromatic ring is 2. The van der Waals surface area contributed by atoms with Crippen LogP contribution in [0, 0.1) is 11.8 Å². The third-order valence-electron chi connectivity index (χ3n) is 8.11. The van der Waals surface area contributed by atoms with E-state index in [1.165, 1.54) is 29.9 Å². The molecular weight excluding hydrogens is 654 g/mol. The molecule has 0 radical (unpaired) electrons. The first-order chi connectivity index (χ1) is 21.8. The molecule has 248 valence electrons. The normalized spacial score (nSPS) is 37.3. The van der Waals surface area contributed by atoms with Crippen LogP contribution in [0.25, 0.3) is 22.3 Å². The minimum Gasteiger partial charge on any atom is -0.387 e. The lowest BCUT2D eigenvalue weighted by Gasteiger charge is -2.29. The van der Waals surface area contributed by atoms with Gasteiger partial charge in [0.25, 0.3) is 0 Å². The van der Waals surface area contributed by atoms with Gasteiger partial charge in [-0.15, -0.1) is 0 Å². The number of nitrogens with zero attached hydrogens (tertiary/aromatic N) is 8. The Labute approximate surface area is 259 Å². The van der Waals surface area contributed by atoms with Gasteiger partial charge in [0.15, 0.2) is 29.2 Å². The van der Waals surface area contributed by atoms with Crippen LogP contribution in [0.3, 0.4) is 0 Å². The fourth-order valence-corrected chi connectivity index (χ4v) is 7.91. The van der Waals surface area contributed by atoms with Gasteiger partial charge in [-0.05, 0) is 5.92 Å². The molecule has 3 fully saturated rings. The molecule has 4 aromatic heterocycles. The summed E-state index contributed by atoms with van der Waals surface area (Å²) >= 11 is 0. The fourth-order valence-electron chi connectivity index (χ4n) is 6.00. The number of aliphatic hydroxyl groups excluding tert-OH is 1. The van der Waals surface area contributed by atoms with E-state index in [2.05, 4.69) is 29.9 Å². The number of imidazole rings is 2. The first-order valence-electron chi connectivity index (χ1n) is 14.0. The molecule has 3 aliphatic rings. The van der Waals surface area contributed by atoms with Crippen molar-refractivity contribution in [1.29, 1.82) is 0 Å². The average Bonchev–Trinajstić information content (AvgIpc) is 3.75. The van der Waals surface area contributed by atoms with Gasteiger partial charge in [-0.25, -0.2) is 39.0 Å². The Hall–Kier alpha value is -3.20. The van der Waals surface area contributed by atoms with E-state index < -0.39 is 77.8 Å². The van der Waals surface area contributed by atoms with E-state index in [0.29, 0.717) is 11.2 Å². The van der Waals surface area contributed by atoms with Crippen molar-refractivity contribution in [2.75, 3.05) is 24.7 Å². The summed E-state index contributed by atoms with van der Waals surface area (Å²) in [5.41, 5.74) is 12.8. The standard InChI is InChI=1S/C23H30N10O11P2/c1-9(2)12-16-11(42-22(12)32-7-30-13-18(24)26-5-28-20(13)32)4-40-46(37,38)44-17-15(34)10(3-39-45(35,36)43-16)41-23(17)33-8-31-14-19(25)27-6-29-21(14)33/h5-12,15-17,22-23,34H,3-4H2,1-2H3,(H,35,36)(H,37,38)(H2,24,26,28)(H2,25,27,29)/t10-,11-,12?,15-,16-,17-,22-,23-/m1/s1. The topological polar surface area (TPSA) is 289 Å². The summed E-state index contributed by atoms with van der Waals surface area (Å²) in [5.74, 6) is -0.732. The number of ether oxygens (including phenoxy) is 2. The molecule has 46 heavy (non-hydrogen) atoms. The van der Waals surface area contributed by atoms with Crippen molar-refractivity contribution in [3.8, 4) is 0 Å². The Morgan fingerprint density at radius 1 is 0.783 bits per heavy atom. The molecule has 7 N–H and O–H groups in total. The second-order valence-corrected chi connectivity index (χ2v) is 14.1. The van der Waals surface area contributed by atoms with Crippen molar-refractivity contribution in [2.24, 2.45) is 11.8 Å². The number of rotatable bonds is 3. The highest BCUT2D eigenvalue weighted by Crippen LogP contribution is 2.55. The fraction of sp³-hybridized carbons (Fsp3) is 0.565. The maximum Gasteiger partial charge on any atom is 0.472 e. The van der Waals surface area contributed by atoms with Crippen LogP contribution in [0.15, 0.2) is 25.3 Å². The van der Waals surface area contributed by atoms with E-state index in [4.69, 9.17) is 39.0 Å². The molecule has 3 aliphatic heterocycles. The lowest BCUT2D eigenvalue weighted by molar-refractivity contribution is -0.0671. The van der Waals surface area contributed by atoms with E-state index in [9.17, 15) is 24.0 Å². The molecule has 4 aromatic rings. The number of anilines is 2. The molecule has 2 bridgehead atoms. The molecule has 23 heteroatoms. The zero-order chi connectivity index (χ0) is 32.5. The first-order valence-corrected chi connectivity index (χ1v) is 17.0. The molecular formula is C23H30N10O11P2. The smallest absolute Gasteiger partial charge is 0.387 e. The lowest BCUT2D eigenvalue weighted by atomic mass is 9.88. The van der Waals surface area contributed by atoms with Crippen LogP contribution in [0.5, 0.6) is 0 Å². The van der Waals surface area contributed by atoms with Crippen LogP contribution in [-0.4, -0.2) is 97.7 Å². The molecule has 0 aromatic carbocycles. The molecule has 3 saturated heterocycles. The highest BCUT2D eigenvalue weighted by molar-refractivity contribution is 7.47. The third-order valence-corrected chi connectivity index (χ3v) is 10.1. The van der Waals surface area contributed by atoms with Crippen LogP contribution in [0.1, 0.15) is 26.3 Å². The largest absolute Gasteiger partial charge is 0.472 e. The highest BCUT2D eigenvalue weighted by atomic mass is 31.2. The summed E-state index contributed by atoms with van der Waals surface area (Å²) in [4.78, 5) is 46.4. The summed E-state index contributed by atoms with van der Waals surface area (Å²) in [7, 11) is -9.89. The minimum atomic E-state index is -4.99. The maximum absolute atomic E-state index is 13.4. The monoisotopic (exact) mass is 684 g/mol. The molecule has 10 atom stereocenters. The number of hydrogen-bond acceptors (Lipinski definition) is 17. The van der Waals surface area contributed by atoms with Gasteiger partial charge >= 0.3 is 15.6 Å². The Balaban J connectivity index is 1.23. The SMILES string of the molecule is CC(C)C1[C@H](n2cnc3c(N)ncnc32)O[C@@H]2COP(=O)(O)O[C@@H]3[C@H](O)[C@@H](COP(=O)(O)O[C@@H]12)O[C@H]3n1cnc2c(N)ncnc21. The molecule has 3 unspecified atom stereocenters. The first kappa shape index (κ1) is 31.4. The zero-order valence-corrected chi connectivity index (χ0v) is 25.9. The number of nitrogens with two attached hydrogens (primary N) is 2. The molecule has 0 amide bonds. The minimum absolute atomic E-state index is 0.0556. The number of fused-ring (bicyclic) bond motifs is 5. The van der Waals surface area contributed by atoms with Gasteiger partial charge in [-0.2, -0.15) is 0 Å². The van der Waals surface area contributed by atoms with Crippen molar-refractivity contribution < 1.29 is 51.6 Å². The van der Waals surface area contributed by atoms with E-state index in [1.54, 1.807) is 4.57 Å². The Morgan fingerprint density at radius 3 is 1.85 bits per heavy atom. The van der Waals surface area contributed by atoms with Gasteiger partial charge in [0.05, 0.1) is 25.9 Å². The summed E-state index contributed by atoms with van der Waals surface area (Å²) < 4.78 is 63.6. The van der Waals surface area contributed by atoms with Crippen molar-refractivity contribution in [1.82, 2.24) is 39.0 Å². The summed E-state index contributed by atoms with van der Waals surface area (Å²) in [6.45, 7) is 2.35. The van der Waals surface area contributed by atoms with Crippen LogP contribution >= 0.6 is 15.6 Å². The Morgan fingerprint density at radius 2 is 1.28 bits per heavy atom. The number of hydrogen-bond donors (Lipinski definition) is 5.